The van der Waals surface area contributed by atoms with E-state index < -0.39 is 0 Å². The van der Waals surface area contributed by atoms with Gasteiger partial charge in [-0.15, -0.1) is 0 Å². The van der Waals surface area contributed by atoms with Crippen LogP contribution in [-0.2, 0) is 0 Å². The van der Waals surface area contributed by atoms with Gasteiger partial charge in [-0.2, -0.15) is 0 Å². The molecule has 1 aromatic heterocycles. The molecule has 0 bridgehead atoms. The Balaban J connectivity index is 1.55. The molecular weight excluding hydrogens is 328 g/mol. The van der Waals surface area contributed by atoms with Crippen LogP contribution in [0.1, 0.15) is 31.0 Å². The number of anilines is 1. The molecule has 0 amide bonds. The van der Waals surface area contributed by atoms with Crippen molar-refractivity contribution in [3.05, 3.63) is 29.7 Å². The number of nitrogens with one attached hydrogen (secondary N) is 1. The molecule has 0 aliphatic carbocycles. The van der Waals surface area contributed by atoms with Crippen LogP contribution in [0.3, 0.4) is 0 Å². The van der Waals surface area contributed by atoms with Gasteiger partial charge >= 0.3 is 0 Å². The third kappa shape index (κ3) is 4.22. The fourth-order valence-corrected chi connectivity index (χ4v) is 3.23. The van der Waals surface area contributed by atoms with Gasteiger partial charge in [-0.25, -0.2) is 4.99 Å². The highest BCUT2D eigenvalue weighted by atomic mass is 16.3. The number of aromatic nitrogens is 1. The number of pyridine rings is 1. The van der Waals surface area contributed by atoms with E-state index in [1.165, 1.54) is 0 Å². The van der Waals surface area contributed by atoms with E-state index >= 15 is 0 Å². The van der Waals surface area contributed by atoms with Gasteiger partial charge < -0.3 is 21.1 Å². The van der Waals surface area contributed by atoms with Gasteiger partial charge in [0.05, 0.1) is 29.9 Å². The summed E-state index contributed by atoms with van der Waals surface area (Å²) in [5, 5.41) is 12.6. The average Bonchev–Trinajstić information content (AvgIpc) is 2.63. The van der Waals surface area contributed by atoms with Gasteiger partial charge in [0.25, 0.3) is 0 Å². The fraction of sp³-hybridized carbons (Fsp3) is 0.526. The van der Waals surface area contributed by atoms with E-state index in [2.05, 4.69) is 38.2 Å². The van der Waals surface area contributed by atoms with Crippen molar-refractivity contribution in [3.63, 3.8) is 0 Å². The van der Waals surface area contributed by atoms with Crippen molar-refractivity contribution in [1.82, 2.24) is 10.3 Å². The number of aryl methyl sites for hydroxylation is 1. The SMILES string of the molecule is Cc1cc(N2CC(C)(CO)C2)cnc1/C(N)=C/NCCC1=NCCC=N1. The summed E-state index contributed by atoms with van der Waals surface area (Å²) in [6, 6.07) is 2.10. The lowest BCUT2D eigenvalue weighted by molar-refractivity contribution is 0.111. The lowest BCUT2D eigenvalue weighted by atomic mass is 9.82. The molecule has 1 fully saturated rings. The lowest BCUT2D eigenvalue weighted by Crippen LogP contribution is -2.56. The summed E-state index contributed by atoms with van der Waals surface area (Å²) in [6.07, 6.45) is 7.29. The molecule has 0 atom stereocenters. The Morgan fingerprint density at radius 3 is 2.92 bits per heavy atom. The Bertz CT molecular complexity index is 734. The molecule has 0 saturated carbocycles. The number of rotatable bonds is 7. The number of nitrogens with two attached hydrogens (primary N) is 1. The van der Waals surface area contributed by atoms with Crippen molar-refractivity contribution in [2.45, 2.75) is 26.7 Å². The summed E-state index contributed by atoms with van der Waals surface area (Å²) in [7, 11) is 0. The molecule has 0 radical (unpaired) electrons. The number of aliphatic hydroxyl groups is 1. The summed E-state index contributed by atoms with van der Waals surface area (Å²) in [6.45, 7) is 7.60. The minimum absolute atomic E-state index is 0.00209. The molecule has 2 aliphatic heterocycles. The maximum Gasteiger partial charge on any atom is 0.124 e. The zero-order valence-corrected chi connectivity index (χ0v) is 15.6. The first-order valence-corrected chi connectivity index (χ1v) is 9.08. The quantitative estimate of drug-likeness (QED) is 0.640. The van der Waals surface area contributed by atoms with Crippen LogP contribution in [0.2, 0.25) is 0 Å². The molecule has 1 saturated heterocycles. The van der Waals surface area contributed by atoms with Crippen molar-refractivity contribution in [2.75, 3.05) is 37.7 Å². The van der Waals surface area contributed by atoms with Crippen molar-refractivity contribution < 1.29 is 5.11 Å². The van der Waals surface area contributed by atoms with Gasteiger partial charge in [0.1, 0.15) is 5.84 Å². The molecule has 0 spiro atoms. The highest BCUT2D eigenvalue weighted by Crippen LogP contribution is 2.34. The van der Waals surface area contributed by atoms with E-state index in [4.69, 9.17) is 5.73 Å². The van der Waals surface area contributed by atoms with Gasteiger partial charge in [0, 0.05) is 56.9 Å². The van der Waals surface area contributed by atoms with E-state index in [1.54, 1.807) is 6.20 Å². The molecule has 26 heavy (non-hydrogen) atoms. The first-order valence-electron chi connectivity index (χ1n) is 9.08. The van der Waals surface area contributed by atoms with E-state index in [0.29, 0.717) is 5.70 Å². The predicted octanol–water partition coefficient (Wildman–Crippen LogP) is 1.32. The Kier molecular flexibility index (Phi) is 5.56. The maximum atomic E-state index is 9.38. The molecular formula is C19H28N6O. The third-order valence-electron chi connectivity index (χ3n) is 4.77. The summed E-state index contributed by atoms with van der Waals surface area (Å²) in [5.74, 6) is 0.888. The molecule has 0 unspecified atom stereocenters. The van der Waals surface area contributed by atoms with E-state index in [1.807, 2.05) is 19.3 Å². The highest BCUT2D eigenvalue weighted by Gasteiger charge is 2.38. The first kappa shape index (κ1) is 18.4. The summed E-state index contributed by atoms with van der Waals surface area (Å²) >= 11 is 0. The lowest BCUT2D eigenvalue weighted by Gasteiger charge is -2.48. The van der Waals surface area contributed by atoms with Gasteiger partial charge in [-0.05, 0) is 18.6 Å². The van der Waals surface area contributed by atoms with E-state index in [9.17, 15) is 5.11 Å². The molecule has 0 aromatic carbocycles. The molecule has 7 heteroatoms. The topological polar surface area (TPSA) is 99.1 Å². The summed E-state index contributed by atoms with van der Waals surface area (Å²) < 4.78 is 0. The number of aliphatic imine (C=N–C) groups is 2. The first-order chi connectivity index (χ1) is 12.5. The van der Waals surface area contributed by atoms with Crippen LogP contribution < -0.4 is 16.0 Å². The van der Waals surface area contributed by atoms with Crippen LogP contribution in [0, 0.1) is 12.3 Å². The molecule has 3 rings (SSSR count). The van der Waals surface area contributed by atoms with E-state index in [0.717, 1.165) is 61.8 Å². The number of hydrogen-bond donors (Lipinski definition) is 3. The molecule has 1 aromatic rings. The number of nitrogens with zero attached hydrogens (tertiary/aromatic N) is 4. The largest absolute Gasteiger partial charge is 0.396 e. The van der Waals surface area contributed by atoms with E-state index in [-0.39, 0.29) is 12.0 Å². The Labute approximate surface area is 154 Å². The molecule has 3 heterocycles. The van der Waals surface area contributed by atoms with Gasteiger partial charge in [0.15, 0.2) is 0 Å². The predicted molar refractivity (Wildman–Crippen MR) is 107 cm³/mol. The monoisotopic (exact) mass is 356 g/mol. The average molecular weight is 356 g/mol. The number of amidine groups is 1. The smallest absolute Gasteiger partial charge is 0.124 e. The zero-order chi connectivity index (χ0) is 18.6. The van der Waals surface area contributed by atoms with Gasteiger partial charge in [-0.1, -0.05) is 6.92 Å². The van der Waals surface area contributed by atoms with Gasteiger partial charge in [-0.3, -0.25) is 9.98 Å². The fourth-order valence-electron chi connectivity index (χ4n) is 3.23. The highest BCUT2D eigenvalue weighted by molar-refractivity contribution is 5.91. The molecule has 7 nitrogen and oxygen atoms in total. The third-order valence-corrected chi connectivity index (χ3v) is 4.77. The summed E-state index contributed by atoms with van der Waals surface area (Å²) in [5.41, 5.74) is 9.71. The van der Waals surface area contributed by atoms with Crippen LogP contribution >= 0.6 is 0 Å². The minimum Gasteiger partial charge on any atom is -0.396 e. The van der Waals surface area contributed by atoms with Crippen LogP contribution in [0.15, 0.2) is 28.4 Å². The Hall–Kier alpha value is -2.41. The van der Waals surface area contributed by atoms with Crippen LogP contribution in [0.25, 0.3) is 5.70 Å². The van der Waals surface area contributed by atoms with Crippen molar-refractivity contribution in [2.24, 2.45) is 21.1 Å². The standard InChI is InChI=1S/C19H28N6O/c1-14-8-15(25-11-19(2,12-25)13-26)9-24-18(14)16(20)10-21-7-4-17-22-5-3-6-23-17/h5,8-10,21,26H,3-4,6-7,11-13,20H2,1-2H3/b16-10-. The second-order valence-corrected chi connectivity index (χ2v) is 7.39. The number of hydrogen-bond acceptors (Lipinski definition) is 7. The molecule has 4 N–H and O–H groups in total. The van der Waals surface area contributed by atoms with Crippen molar-refractivity contribution in [1.29, 1.82) is 0 Å². The molecule has 140 valence electrons. The summed E-state index contributed by atoms with van der Waals surface area (Å²) in [4.78, 5) is 15.4. The van der Waals surface area contributed by atoms with Crippen molar-refractivity contribution >= 4 is 23.4 Å². The normalized spacial score (nSPS) is 19.1. The second kappa shape index (κ2) is 7.86. The Morgan fingerprint density at radius 1 is 1.46 bits per heavy atom. The van der Waals surface area contributed by atoms with Crippen molar-refractivity contribution in [3.8, 4) is 0 Å². The van der Waals surface area contributed by atoms with Gasteiger partial charge in [0.2, 0.25) is 0 Å². The van der Waals surface area contributed by atoms with Crippen LogP contribution in [-0.4, -0.2) is 54.9 Å². The number of aliphatic hydroxyl groups excluding tert-OH is 1. The second-order valence-electron chi connectivity index (χ2n) is 7.39. The molecule has 2 aliphatic rings. The van der Waals surface area contributed by atoms with Crippen LogP contribution in [0.4, 0.5) is 5.69 Å². The minimum atomic E-state index is 0.00209. The van der Waals surface area contributed by atoms with Crippen LogP contribution in [0.5, 0.6) is 0 Å². The Morgan fingerprint density at radius 2 is 2.27 bits per heavy atom. The zero-order valence-electron chi connectivity index (χ0n) is 15.6. The maximum absolute atomic E-state index is 9.38.